The molecule has 2 N–H and O–H groups in total. The number of nitrogens with one attached hydrogen (secondary N) is 1. The van der Waals surface area contributed by atoms with Crippen molar-refractivity contribution in [1.82, 2.24) is 15.1 Å². The number of carbonyl (C=O) groups excluding carboxylic acids is 1. The molecule has 26 heavy (non-hydrogen) atoms. The number of carboxylic acids is 1. The van der Waals surface area contributed by atoms with Gasteiger partial charge in [0.05, 0.1) is 5.69 Å². The van der Waals surface area contributed by atoms with Gasteiger partial charge in [-0.3, -0.25) is 4.79 Å². The minimum absolute atomic E-state index is 0.131. The van der Waals surface area contributed by atoms with Gasteiger partial charge >= 0.3 is 5.97 Å². The van der Waals surface area contributed by atoms with E-state index in [1.165, 1.54) is 12.1 Å². The Morgan fingerprint density at radius 1 is 1.35 bits per heavy atom. The Kier molecular flexibility index (Phi) is 5.06. The van der Waals surface area contributed by atoms with Gasteiger partial charge in [0.1, 0.15) is 11.9 Å². The van der Waals surface area contributed by atoms with Crippen molar-refractivity contribution in [2.24, 2.45) is 5.92 Å². The SMILES string of the molecule is CC(C)C[C@H](NC(=O)c1nn(-c2cccc(F)c2)c2c1CCC2)C(=O)O. The van der Waals surface area contributed by atoms with Gasteiger partial charge in [-0.15, -0.1) is 0 Å². The van der Waals surface area contributed by atoms with Crippen LogP contribution in [0.3, 0.4) is 0 Å². The number of carboxylic acid groups (broad SMARTS) is 1. The Morgan fingerprint density at radius 2 is 2.12 bits per heavy atom. The van der Waals surface area contributed by atoms with Crippen LogP contribution in [-0.4, -0.2) is 32.8 Å². The van der Waals surface area contributed by atoms with E-state index in [1.807, 2.05) is 13.8 Å². The lowest BCUT2D eigenvalue weighted by Crippen LogP contribution is -2.42. The number of amides is 1. The standard InChI is InChI=1S/C19H22FN3O3/c1-11(2)9-15(19(25)26)21-18(24)17-14-7-4-8-16(14)23(22-17)13-6-3-5-12(20)10-13/h3,5-6,10-11,15H,4,7-9H2,1-2H3,(H,21,24)(H,25,26)/t15-/m0/s1. The van der Waals surface area contributed by atoms with E-state index in [-0.39, 0.29) is 17.4 Å². The van der Waals surface area contributed by atoms with Gasteiger partial charge in [-0.2, -0.15) is 5.10 Å². The quantitative estimate of drug-likeness (QED) is 0.831. The third-order valence-corrected chi connectivity index (χ3v) is 4.51. The number of benzene rings is 1. The Balaban J connectivity index is 1.92. The van der Waals surface area contributed by atoms with Crippen LogP contribution >= 0.6 is 0 Å². The zero-order chi connectivity index (χ0) is 18.8. The lowest BCUT2D eigenvalue weighted by atomic mass is 10.0. The highest BCUT2D eigenvalue weighted by atomic mass is 19.1. The van der Waals surface area contributed by atoms with Crippen LogP contribution in [0.4, 0.5) is 4.39 Å². The molecule has 0 saturated carbocycles. The summed E-state index contributed by atoms with van der Waals surface area (Å²) in [5.74, 6) is -1.80. The fourth-order valence-corrected chi connectivity index (χ4v) is 3.36. The summed E-state index contributed by atoms with van der Waals surface area (Å²) in [5, 5.41) is 16.3. The number of rotatable bonds is 6. The molecule has 6 nitrogen and oxygen atoms in total. The molecule has 0 saturated heterocycles. The summed E-state index contributed by atoms with van der Waals surface area (Å²) in [4.78, 5) is 24.1. The van der Waals surface area contributed by atoms with Crippen molar-refractivity contribution in [3.63, 3.8) is 0 Å². The van der Waals surface area contributed by atoms with Crippen molar-refractivity contribution >= 4 is 11.9 Å². The zero-order valence-corrected chi connectivity index (χ0v) is 14.8. The first-order valence-corrected chi connectivity index (χ1v) is 8.77. The van der Waals surface area contributed by atoms with Gasteiger partial charge in [0, 0.05) is 11.3 Å². The minimum Gasteiger partial charge on any atom is -0.480 e. The molecule has 0 radical (unpaired) electrons. The second kappa shape index (κ2) is 7.27. The van der Waals surface area contributed by atoms with Crippen LogP contribution in [0, 0.1) is 11.7 Å². The number of fused-ring (bicyclic) bond motifs is 1. The number of halogens is 1. The second-order valence-corrected chi connectivity index (χ2v) is 7.01. The monoisotopic (exact) mass is 359 g/mol. The highest BCUT2D eigenvalue weighted by molar-refractivity contribution is 5.96. The smallest absolute Gasteiger partial charge is 0.326 e. The maximum Gasteiger partial charge on any atom is 0.326 e. The summed E-state index contributed by atoms with van der Waals surface area (Å²) in [5.41, 5.74) is 2.49. The molecule has 3 rings (SSSR count). The van der Waals surface area contributed by atoms with Crippen molar-refractivity contribution in [1.29, 1.82) is 0 Å². The fourth-order valence-electron chi connectivity index (χ4n) is 3.36. The van der Waals surface area contributed by atoms with Gasteiger partial charge in [0.25, 0.3) is 5.91 Å². The summed E-state index contributed by atoms with van der Waals surface area (Å²) in [6.45, 7) is 3.80. The first kappa shape index (κ1) is 18.1. The van der Waals surface area contributed by atoms with Crippen LogP contribution in [0.5, 0.6) is 0 Å². The molecule has 1 amide bonds. The molecule has 0 aliphatic heterocycles. The minimum atomic E-state index is -1.06. The Labute approximate surface area is 151 Å². The number of nitrogens with zero attached hydrogens (tertiary/aromatic N) is 2. The highest BCUT2D eigenvalue weighted by Crippen LogP contribution is 2.28. The van der Waals surface area contributed by atoms with Crippen LogP contribution in [-0.2, 0) is 17.6 Å². The first-order valence-electron chi connectivity index (χ1n) is 8.77. The predicted molar refractivity (Wildman–Crippen MR) is 93.9 cm³/mol. The zero-order valence-electron chi connectivity index (χ0n) is 14.8. The summed E-state index contributed by atoms with van der Waals surface area (Å²) >= 11 is 0. The van der Waals surface area contributed by atoms with E-state index in [1.54, 1.807) is 16.8 Å². The third kappa shape index (κ3) is 3.61. The first-order chi connectivity index (χ1) is 12.4. The molecule has 2 aromatic rings. The largest absolute Gasteiger partial charge is 0.480 e. The number of aliphatic carboxylic acids is 1. The van der Waals surface area contributed by atoms with E-state index in [2.05, 4.69) is 10.4 Å². The molecule has 1 aliphatic carbocycles. The molecule has 1 heterocycles. The molecule has 0 unspecified atom stereocenters. The topological polar surface area (TPSA) is 84.2 Å². The van der Waals surface area contributed by atoms with Crippen molar-refractivity contribution < 1.29 is 19.1 Å². The van der Waals surface area contributed by atoms with E-state index < -0.39 is 17.9 Å². The van der Waals surface area contributed by atoms with E-state index in [0.717, 1.165) is 24.1 Å². The predicted octanol–water partition coefficient (Wildman–Crippen LogP) is 2.73. The summed E-state index contributed by atoms with van der Waals surface area (Å²) in [6, 6.07) is 5.08. The third-order valence-electron chi connectivity index (χ3n) is 4.51. The highest BCUT2D eigenvalue weighted by Gasteiger charge is 2.29. The normalized spacial score (nSPS) is 14.3. The molecule has 1 aromatic carbocycles. The molecule has 1 aliphatic rings. The van der Waals surface area contributed by atoms with Crippen LogP contribution in [0.1, 0.15) is 48.4 Å². The van der Waals surface area contributed by atoms with Gasteiger partial charge in [-0.05, 0) is 49.8 Å². The molecule has 0 spiro atoms. The van der Waals surface area contributed by atoms with Gasteiger partial charge in [0.15, 0.2) is 5.69 Å². The van der Waals surface area contributed by atoms with E-state index in [0.29, 0.717) is 18.5 Å². The maximum absolute atomic E-state index is 13.6. The van der Waals surface area contributed by atoms with Gasteiger partial charge < -0.3 is 10.4 Å². The fraction of sp³-hybridized carbons (Fsp3) is 0.421. The van der Waals surface area contributed by atoms with Crippen LogP contribution < -0.4 is 5.32 Å². The van der Waals surface area contributed by atoms with Crippen molar-refractivity contribution in [2.45, 2.75) is 45.6 Å². The Bertz CT molecular complexity index is 845. The van der Waals surface area contributed by atoms with Gasteiger partial charge in [-0.1, -0.05) is 19.9 Å². The Hall–Kier alpha value is -2.70. The number of carbonyl (C=O) groups is 2. The molecule has 1 atom stereocenters. The summed E-state index contributed by atoms with van der Waals surface area (Å²) < 4.78 is 15.2. The Morgan fingerprint density at radius 3 is 2.77 bits per heavy atom. The molecule has 138 valence electrons. The molecule has 0 fully saturated rings. The van der Waals surface area contributed by atoms with Gasteiger partial charge in [-0.25, -0.2) is 13.9 Å². The molecule has 0 bridgehead atoms. The van der Waals surface area contributed by atoms with E-state index >= 15 is 0 Å². The van der Waals surface area contributed by atoms with Crippen molar-refractivity contribution in [2.75, 3.05) is 0 Å². The maximum atomic E-state index is 13.6. The number of hydrogen-bond acceptors (Lipinski definition) is 3. The van der Waals surface area contributed by atoms with Crippen molar-refractivity contribution in [3.05, 3.63) is 47.0 Å². The van der Waals surface area contributed by atoms with Crippen LogP contribution in [0.25, 0.3) is 5.69 Å². The molecule has 1 aromatic heterocycles. The van der Waals surface area contributed by atoms with Crippen molar-refractivity contribution in [3.8, 4) is 5.69 Å². The lowest BCUT2D eigenvalue weighted by molar-refractivity contribution is -0.139. The summed E-state index contributed by atoms with van der Waals surface area (Å²) in [7, 11) is 0. The summed E-state index contributed by atoms with van der Waals surface area (Å²) in [6.07, 6.45) is 2.68. The van der Waals surface area contributed by atoms with Gasteiger partial charge in [0.2, 0.25) is 0 Å². The van der Waals surface area contributed by atoms with Crippen LogP contribution in [0.15, 0.2) is 24.3 Å². The molecule has 7 heteroatoms. The van der Waals surface area contributed by atoms with E-state index in [9.17, 15) is 19.1 Å². The molecular formula is C19H22FN3O3. The number of aromatic nitrogens is 2. The average Bonchev–Trinajstić information content (AvgIpc) is 3.15. The average molecular weight is 359 g/mol. The van der Waals surface area contributed by atoms with Crippen LogP contribution in [0.2, 0.25) is 0 Å². The molecular weight excluding hydrogens is 337 g/mol. The number of hydrogen-bond donors (Lipinski definition) is 2. The second-order valence-electron chi connectivity index (χ2n) is 7.01. The lowest BCUT2D eigenvalue weighted by Gasteiger charge is -2.16. The van der Waals surface area contributed by atoms with E-state index in [4.69, 9.17) is 0 Å².